The van der Waals surface area contributed by atoms with Crippen molar-refractivity contribution in [2.45, 2.75) is 0 Å². The summed E-state index contributed by atoms with van der Waals surface area (Å²) >= 11 is 5.68. The van der Waals surface area contributed by atoms with E-state index < -0.39 is 17.8 Å². The first-order chi connectivity index (χ1) is 9.02. The maximum absolute atomic E-state index is 11.6. The molecule has 1 aromatic rings. The zero-order valence-electron chi connectivity index (χ0n) is 10.2. The molecule has 6 nitrogen and oxygen atoms in total. The van der Waals surface area contributed by atoms with Gasteiger partial charge in [0.05, 0.1) is 0 Å². The number of nitrogens with one attached hydrogen (secondary N) is 2. The molecule has 0 aliphatic rings. The number of hydrogen-bond acceptors (Lipinski definition) is 4. The smallest absolute Gasteiger partial charge is 0.325 e. The summed E-state index contributed by atoms with van der Waals surface area (Å²) in [4.78, 5) is 33.6. The second-order valence-electron chi connectivity index (χ2n) is 3.52. The van der Waals surface area contributed by atoms with E-state index in [0.29, 0.717) is 10.6 Å². The summed E-state index contributed by atoms with van der Waals surface area (Å²) < 4.78 is 4.61. The quantitative estimate of drug-likeness (QED) is 0.765. The Labute approximate surface area is 115 Å². The summed E-state index contributed by atoms with van der Waals surface area (Å²) in [5.41, 5.74) is 0.378. The molecule has 1 aromatic carbocycles. The van der Waals surface area contributed by atoms with E-state index in [0.717, 1.165) is 0 Å². The van der Waals surface area contributed by atoms with Crippen LogP contribution < -0.4 is 10.6 Å². The predicted octanol–water partition coefficient (Wildman–Crippen LogP) is 0.359. The van der Waals surface area contributed by atoms with Gasteiger partial charge in [-0.3, -0.25) is 14.4 Å². The van der Waals surface area contributed by atoms with Crippen LogP contribution in [0.4, 0.5) is 0 Å². The summed E-state index contributed by atoms with van der Waals surface area (Å²) in [7, 11) is 1.43. The molecule has 2 amide bonds. The normalized spacial score (nSPS) is 9.58. The first-order valence-electron chi connectivity index (χ1n) is 5.43. The van der Waals surface area contributed by atoms with Crippen LogP contribution in [0.15, 0.2) is 24.3 Å². The van der Waals surface area contributed by atoms with Crippen LogP contribution in [0.2, 0.25) is 5.02 Å². The minimum absolute atomic E-state index is 0.307. The lowest BCUT2D eigenvalue weighted by Crippen LogP contribution is -2.33. The van der Waals surface area contributed by atoms with Crippen LogP contribution in [0.5, 0.6) is 0 Å². The second-order valence-corrected chi connectivity index (χ2v) is 3.96. The summed E-state index contributed by atoms with van der Waals surface area (Å²) in [6, 6.07) is 6.21. The molecule has 0 spiro atoms. The molecule has 0 fully saturated rings. The van der Waals surface area contributed by atoms with Gasteiger partial charge >= 0.3 is 5.97 Å². The SMILES string of the molecule is CNC(=O)COC(=O)CNC(=O)c1ccc(Cl)cc1. The average molecular weight is 285 g/mol. The Morgan fingerprint density at radius 1 is 1.21 bits per heavy atom. The van der Waals surface area contributed by atoms with Crippen LogP contribution >= 0.6 is 11.6 Å². The molecule has 0 radical (unpaired) electrons. The number of rotatable bonds is 5. The highest BCUT2D eigenvalue weighted by atomic mass is 35.5. The molecule has 0 heterocycles. The Balaban J connectivity index is 2.36. The van der Waals surface area contributed by atoms with E-state index in [1.165, 1.54) is 19.2 Å². The van der Waals surface area contributed by atoms with Gasteiger partial charge in [0.2, 0.25) is 0 Å². The first-order valence-corrected chi connectivity index (χ1v) is 5.80. The maximum atomic E-state index is 11.6. The van der Waals surface area contributed by atoms with Crippen molar-refractivity contribution in [1.29, 1.82) is 0 Å². The highest BCUT2D eigenvalue weighted by Gasteiger charge is 2.09. The van der Waals surface area contributed by atoms with Gasteiger partial charge in [0.1, 0.15) is 6.54 Å². The van der Waals surface area contributed by atoms with Crippen molar-refractivity contribution in [3.63, 3.8) is 0 Å². The van der Waals surface area contributed by atoms with Crippen LogP contribution in [-0.4, -0.2) is 38.0 Å². The van der Waals surface area contributed by atoms with Gasteiger partial charge in [-0.25, -0.2) is 0 Å². The zero-order valence-corrected chi connectivity index (χ0v) is 11.0. The molecule has 0 unspecified atom stereocenters. The molecule has 0 bridgehead atoms. The van der Waals surface area contributed by atoms with Gasteiger partial charge < -0.3 is 15.4 Å². The Hall–Kier alpha value is -2.08. The molecule has 1 rings (SSSR count). The number of amides is 2. The van der Waals surface area contributed by atoms with Crippen molar-refractivity contribution in [1.82, 2.24) is 10.6 Å². The zero-order chi connectivity index (χ0) is 14.3. The molecule has 0 saturated carbocycles. The molecule has 0 aliphatic carbocycles. The Morgan fingerprint density at radius 3 is 2.42 bits per heavy atom. The Morgan fingerprint density at radius 2 is 1.84 bits per heavy atom. The van der Waals surface area contributed by atoms with Crippen LogP contribution in [0, 0.1) is 0 Å². The molecule has 0 aliphatic heterocycles. The predicted molar refractivity (Wildman–Crippen MR) is 68.8 cm³/mol. The third-order valence-electron chi connectivity index (χ3n) is 2.14. The van der Waals surface area contributed by atoms with Crippen molar-refractivity contribution in [2.75, 3.05) is 20.2 Å². The van der Waals surface area contributed by atoms with E-state index in [1.54, 1.807) is 12.1 Å². The number of benzene rings is 1. The molecular weight excluding hydrogens is 272 g/mol. The minimum atomic E-state index is -0.689. The van der Waals surface area contributed by atoms with E-state index in [4.69, 9.17) is 11.6 Å². The minimum Gasteiger partial charge on any atom is -0.454 e. The fourth-order valence-electron chi connectivity index (χ4n) is 1.13. The summed E-state index contributed by atoms with van der Waals surface area (Å²) in [5.74, 6) is -1.53. The maximum Gasteiger partial charge on any atom is 0.325 e. The third kappa shape index (κ3) is 5.39. The number of carbonyl (C=O) groups excluding carboxylic acids is 3. The van der Waals surface area contributed by atoms with E-state index >= 15 is 0 Å². The number of ether oxygens (including phenoxy) is 1. The van der Waals surface area contributed by atoms with E-state index in [2.05, 4.69) is 15.4 Å². The van der Waals surface area contributed by atoms with Gasteiger partial charge in [-0.05, 0) is 24.3 Å². The van der Waals surface area contributed by atoms with E-state index in [1.807, 2.05) is 0 Å². The molecule has 0 atom stereocenters. The van der Waals surface area contributed by atoms with Crippen molar-refractivity contribution < 1.29 is 19.1 Å². The summed E-state index contributed by atoms with van der Waals surface area (Å²) in [6.07, 6.45) is 0. The number of likely N-dealkylation sites (N-methyl/N-ethyl adjacent to an activating group) is 1. The third-order valence-corrected chi connectivity index (χ3v) is 2.39. The molecule has 102 valence electrons. The molecule has 7 heteroatoms. The second kappa shape index (κ2) is 7.38. The van der Waals surface area contributed by atoms with Gasteiger partial charge in [-0.2, -0.15) is 0 Å². The molecule has 19 heavy (non-hydrogen) atoms. The molecule has 2 N–H and O–H groups in total. The number of esters is 1. The van der Waals surface area contributed by atoms with E-state index in [-0.39, 0.29) is 13.2 Å². The van der Waals surface area contributed by atoms with Gasteiger partial charge in [0, 0.05) is 17.6 Å². The van der Waals surface area contributed by atoms with Gasteiger partial charge in [-0.15, -0.1) is 0 Å². The lowest BCUT2D eigenvalue weighted by Gasteiger charge is -2.06. The van der Waals surface area contributed by atoms with Crippen LogP contribution in [0.25, 0.3) is 0 Å². The fraction of sp³-hybridized carbons (Fsp3) is 0.250. The van der Waals surface area contributed by atoms with Crippen molar-refractivity contribution >= 4 is 29.4 Å². The lowest BCUT2D eigenvalue weighted by molar-refractivity contribution is -0.147. The Kier molecular flexibility index (Phi) is 5.81. The molecule has 0 aromatic heterocycles. The standard InChI is InChI=1S/C12H13ClN2O4/c1-14-10(16)7-19-11(17)6-15-12(18)8-2-4-9(13)5-3-8/h2-5H,6-7H2,1H3,(H,14,16)(H,15,18). The fourth-order valence-corrected chi connectivity index (χ4v) is 1.25. The lowest BCUT2D eigenvalue weighted by atomic mass is 10.2. The summed E-state index contributed by atoms with van der Waals surface area (Å²) in [6.45, 7) is -0.676. The van der Waals surface area contributed by atoms with Gasteiger partial charge in [0.25, 0.3) is 11.8 Å². The molecule has 0 saturated heterocycles. The number of carbonyl (C=O) groups is 3. The van der Waals surface area contributed by atoms with Gasteiger partial charge in [0.15, 0.2) is 6.61 Å². The van der Waals surface area contributed by atoms with Crippen LogP contribution in [-0.2, 0) is 14.3 Å². The molecular formula is C12H13ClN2O4. The Bertz CT molecular complexity index is 473. The van der Waals surface area contributed by atoms with Gasteiger partial charge in [-0.1, -0.05) is 11.6 Å². The van der Waals surface area contributed by atoms with E-state index in [9.17, 15) is 14.4 Å². The highest BCUT2D eigenvalue weighted by molar-refractivity contribution is 6.30. The van der Waals surface area contributed by atoms with Crippen molar-refractivity contribution in [3.8, 4) is 0 Å². The van der Waals surface area contributed by atoms with Crippen LogP contribution in [0.3, 0.4) is 0 Å². The number of halogens is 1. The van der Waals surface area contributed by atoms with Crippen LogP contribution in [0.1, 0.15) is 10.4 Å². The largest absolute Gasteiger partial charge is 0.454 e. The monoisotopic (exact) mass is 284 g/mol. The average Bonchev–Trinajstić information content (AvgIpc) is 2.42. The highest BCUT2D eigenvalue weighted by Crippen LogP contribution is 2.09. The van der Waals surface area contributed by atoms with Crippen molar-refractivity contribution in [3.05, 3.63) is 34.9 Å². The topological polar surface area (TPSA) is 84.5 Å². The van der Waals surface area contributed by atoms with Crippen molar-refractivity contribution in [2.24, 2.45) is 0 Å². The first kappa shape index (κ1) is 15.0. The number of hydrogen-bond donors (Lipinski definition) is 2. The summed E-state index contributed by atoms with van der Waals surface area (Å²) in [5, 5.41) is 5.19.